The highest BCUT2D eigenvalue weighted by molar-refractivity contribution is 9.10. The van der Waals surface area contributed by atoms with Crippen LogP contribution in [0.25, 0.3) is 0 Å². The Bertz CT molecular complexity index is 423. The maximum Gasteiger partial charge on any atom is 0.0443 e. The molecule has 0 saturated heterocycles. The van der Waals surface area contributed by atoms with E-state index < -0.39 is 0 Å². The van der Waals surface area contributed by atoms with Crippen molar-refractivity contribution in [3.05, 3.63) is 34.3 Å². The van der Waals surface area contributed by atoms with E-state index in [0.29, 0.717) is 12.6 Å². The first-order chi connectivity index (χ1) is 10.2. The second-order valence-corrected chi connectivity index (χ2v) is 6.80. The lowest BCUT2D eigenvalue weighted by Crippen LogP contribution is -2.42. The first-order valence-corrected chi connectivity index (χ1v) is 8.81. The molecule has 0 radical (unpaired) electrons. The van der Waals surface area contributed by atoms with Gasteiger partial charge in [0.25, 0.3) is 0 Å². The molecule has 0 spiro atoms. The quantitative estimate of drug-likeness (QED) is 0.713. The van der Waals surface area contributed by atoms with E-state index in [0.717, 1.165) is 36.4 Å². The molecule has 2 N–H and O–H groups in total. The van der Waals surface area contributed by atoms with Crippen LogP contribution in [0.2, 0.25) is 0 Å². The number of aliphatic hydroxyl groups is 1. The molecule has 0 aliphatic heterocycles. The molecule has 3 nitrogen and oxygen atoms in total. The van der Waals surface area contributed by atoms with E-state index in [9.17, 15) is 0 Å². The van der Waals surface area contributed by atoms with Crippen molar-refractivity contribution in [2.75, 3.05) is 26.7 Å². The summed E-state index contributed by atoms with van der Waals surface area (Å²) in [7, 11) is 2.03. The van der Waals surface area contributed by atoms with E-state index in [-0.39, 0.29) is 0 Å². The Morgan fingerprint density at radius 2 is 2.19 bits per heavy atom. The van der Waals surface area contributed by atoms with Gasteiger partial charge in [0.2, 0.25) is 0 Å². The molecule has 0 bridgehead atoms. The van der Waals surface area contributed by atoms with Crippen LogP contribution in [0.3, 0.4) is 0 Å². The normalized spacial score (nSPS) is 17.0. The van der Waals surface area contributed by atoms with Crippen molar-refractivity contribution in [2.45, 2.75) is 44.2 Å². The molecule has 1 aliphatic rings. The second-order valence-electron chi connectivity index (χ2n) is 5.88. The third-order valence-corrected chi connectivity index (χ3v) is 4.99. The third kappa shape index (κ3) is 5.06. The fourth-order valence-corrected chi connectivity index (χ4v) is 3.42. The first-order valence-electron chi connectivity index (χ1n) is 8.02. The van der Waals surface area contributed by atoms with E-state index in [2.05, 4.69) is 50.4 Å². The molecule has 2 rings (SSSR count). The standard InChI is InChI=1S/C17H27BrN2O/c1-19-17(14-5-2-6-15(18)13-14)9-11-20(10-4-12-21)16-7-3-8-16/h2,5-6,13,16-17,19,21H,3-4,7-12H2,1H3. The largest absolute Gasteiger partial charge is 0.396 e. The monoisotopic (exact) mass is 354 g/mol. The van der Waals surface area contributed by atoms with Crippen molar-refractivity contribution >= 4 is 15.9 Å². The Balaban J connectivity index is 1.90. The van der Waals surface area contributed by atoms with Crippen molar-refractivity contribution in [1.82, 2.24) is 10.2 Å². The van der Waals surface area contributed by atoms with Gasteiger partial charge in [-0.2, -0.15) is 0 Å². The van der Waals surface area contributed by atoms with E-state index in [1.54, 1.807) is 0 Å². The summed E-state index contributed by atoms with van der Waals surface area (Å²) >= 11 is 3.55. The number of hydrogen-bond acceptors (Lipinski definition) is 3. The average molecular weight is 355 g/mol. The van der Waals surface area contributed by atoms with Crippen molar-refractivity contribution in [2.24, 2.45) is 0 Å². The van der Waals surface area contributed by atoms with E-state index in [4.69, 9.17) is 5.11 Å². The fraction of sp³-hybridized carbons (Fsp3) is 0.647. The van der Waals surface area contributed by atoms with Gasteiger partial charge in [-0.05, 0) is 50.4 Å². The zero-order chi connectivity index (χ0) is 15.1. The van der Waals surface area contributed by atoms with Crippen LogP contribution in [-0.2, 0) is 0 Å². The Kier molecular flexibility index (Phi) is 7.17. The summed E-state index contributed by atoms with van der Waals surface area (Å²) in [5.41, 5.74) is 1.34. The zero-order valence-corrected chi connectivity index (χ0v) is 14.5. The van der Waals surface area contributed by atoms with Crippen molar-refractivity contribution in [3.8, 4) is 0 Å². The summed E-state index contributed by atoms with van der Waals surface area (Å²) in [5.74, 6) is 0. The van der Waals surface area contributed by atoms with Crippen LogP contribution in [0.15, 0.2) is 28.7 Å². The number of benzene rings is 1. The molecule has 1 aromatic carbocycles. The van der Waals surface area contributed by atoms with Crippen LogP contribution in [0.1, 0.15) is 43.7 Å². The Morgan fingerprint density at radius 3 is 2.76 bits per heavy atom. The van der Waals surface area contributed by atoms with Crippen LogP contribution in [0, 0.1) is 0 Å². The van der Waals surface area contributed by atoms with E-state index >= 15 is 0 Å². The minimum atomic E-state index is 0.296. The van der Waals surface area contributed by atoms with Crippen molar-refractivity contribution in [3.63, 3.8) is 0 Å². The van der Waals surface area contributed by atoms with Gasteiger partial charge >= 0.3 is 0 Å². The number of rotatable bonds is 9. The Labute approximate surface area is 136 Å². The maximum absolute atomic E-state index is 9.08. The minimum Gasteiger partial charge on any atom is -0.396 e. The number of nitrogens with one attached hydrogen (secondary N) is 1. The third-order valence-electron chi connectivity index (χ3n) is 4.50. The van der Waals surface area contributed by atoms with Gasteiger partial charge in [0.1, 0.15) is 0 Å². The molecule has 1 aliphatic carbocycles. The van der Waals surface area contributed by atoms with Gasteiger partial charge in [-0.1, -0.05) is 34.5 Å². The smallest absolute Gasteiger partial charge is 0.0443 e. The average Bonchev–Trinajstić information content (AvgIpc) is 2.43. The summed E-state index contributed by atoms with van der Waals surface area (Å²) in [4.78, 5) is 2.57. The molecule has 1 saturated carbocycles. The number of aliphatic hydroxyl groups excluding tert-OH is 1. The predicted octanol–water partition coefficient (Wildman–Crippen LogP) is 3.34. The molecule has 0 aromatic heterocycles. The minimum absolute atomic E-state index is 0.296. The molecular weight excluding hydrogens is 328 g/mol. The predicted molar refractivity (Wildman–Crippen MR) is 91.5 cm³/mol. The highest BCUT2D eigenvalue weighted by Crippen LogP contribution is 2.27. The number of hydrogen-bond donors (Lipinski definition) is 2. The Hall–Kier alpha value is -0.420. The van der Waals surface area contributed by atoms with Crippen LogP contribution in [0.4, 0.5) is 0 Å². The van der Waals surface area contributed by atoms with Crippen LogP contribution in [0.5, 0.6) is 0 Å². The lowest BCUT2D eigenvalue weighted by atomic mass is 9.90. The summed E-state index contributed by atoms with van der Waals surface area (Å²) in [6.45, 7) is 2.42. The molecule has 1 fully saturated rings. The van der Waals surface area contributed by atoms with Gasteiger partial charge in [0.15, 0.2) is 0 Å². The second kappa shape index (κ2) is 8.89. The van der Waals surface area contributed by atoms with Gasteiger partial charge < -0.3 is 15.3 Å². The van der Waals surface area contributed by atoms with Crippen LogP contribution >= 0.6 is 15.9 Å². The summed E-state index contributed by atoms with van der Waals surface area (Å²) in [6.07, 6.45) is 6.01. The number of halogens is 1. The van der Waals surface area contributed by atoms with Crippen molar-refractivity contribution < 1.29 is 5.11 Å². The summed E-state index contributed by atoms with van der Waals surface area (Å²) in [6, 6.07) is 9.68. The highest BCUT2D eigenvalue weighted by Gasteiger charge is 2.25. The van der Waals surface area contributed by atoms with Gasteiger partial charge in [-0.15, -0.1) is 0 Å². The van der Waals surface area contributed by atoms with E-state index in [1.165, 1.54) is 24.8 Å². The summed E-state index contributed by atoms with van der Waals surface area (Å²) < 4.78 is 1.14. The van der Waals surface area contributed by atoms with Gasteiger partial charge in [-0.3, -0.25) is 0 Å². The number of nitrogens with zero attached hydrogens (tertiary/aromatic N) is 1. The SMILES string of the molecule is CNC(CCN(CCCO)C1CCC1)c1cccc(Br)c1. The molecule has 0 amide bonds. The van der Waals surface area contributed by atoms with Crippen molar-refractivity contribution in [1.29, 1.82) is 0 Å². The fourth-order valence-electron chi connectivity index (χ4n) is 3.00. The van der Waals surface area contributed by atoms with Crippen LogP contribution < -0.4 is 5.32 Å². The molecule has 21 heavy (non-hydrogen) atoms. The van der Waals surface area contributed by atoms with Gasteiger partial charge in [0, 0.05) is 36.3 Å². The lowest BCUT2D eigenvalue weighted by molar-refractivity contribution is 0.112. The zero-order valence-electron chi connectivity index (χ0n) is 12.9. The first kappa shape index (κ1) is 16.9. The molecule has 4 heteroatoms. The van der Waals surface area contributed by atoms with Gasteiger partial charge in [-0.25, -0.2) is 0 Å². The maximum atomic E-state index is 9.08. The van der Waals surface area contributed by atoms with Crippen LogP contribution in [-0.4, -0.2) is 42.8 Å². The highest BCUT2D eigenvalue weighted by atomic mass is 79.9. The summed E-state index contributed by atoms with van der Waals surface area (Å²) in [5, 5.41) is 12.5. The van der Waals surface area contributed by atoms with E-state index in [1.807, 2.05) is 7.05 Å². The molecule has 1 unspecified atom stereocenters. The van der Waals surface area contributed by atoms with Gasteiger partial charge in [0.05, 0.1) is 0 Å². The molecular formula is C17H27BrN2O. The molecule has 0 heterocycles. The molecule has 1 aromatic rings. The Morgan fingerprint density at radius 1 is 1.38 bits per heavy atom. The molecule has 1 atom stereocenters. The lowest BCUT2D eigenvalue weighted by Gasteiger charge is -2.38. The topological polar surface area (TPSA) is 35.5 Å². The molecule has 118 valence electrons.